The summed E-state index contributed by atoms with van der Waals surface area (Å²) >= 11 is 0. The zero-order valence-electron chi connectivity index (χ0n) is 17.5. The van der Waals surface area contributed by atoms with E-state index in [1.807, 2.05) is 54.6 Å². The molecule has 158 valence electrons. The molecule has 31 heavy (non-hydrogen) atoms. The highest BCUT2D eigenvalue weighted by molar-refractivity contribution is 5.88. The quantitative estimate of drug-likeness (QED) is 0.581. The van der Waals surface area contributed by atoms with Crippen LogP contribution < -0.4 is 10.9 Å². The number of carbonyl (C=O) groups excluding carboxylic acids is 1. The molecule has 2 aromatic heterocycles. The third kappa shape index (κ3) is 5.09. The van der Waals surface area contributed by atoms with Crippen LogP contribution in [0.4, 0.5) is 5.69 Å². The summed E-state index contributed by atoms with van der Waals surface area (Å²) in [7, 11) is 0. The molecule has 3 heterocycles. The number of aryl methyl sites for hydroxylation is 1. The summed E-state index contributed by atoms with van der Waals surface area (Å²) < 4.78 is 0. The molecule has 0 bridgehead atoms. The molecule has 0 unspecified atom stereocenters. The Morgan fingerprint density at radius 1 is 1.19 bits per heavy atom. The predicted molar refractivity (Wildman–Crippen MR) is 123 cm³/mol. The molecule has 1 aliphatic heterocycles. The van der Waals surface area contributed by atoms with E-state index in [-0.39, 0.29) is 17.5 Å². The fourth-order valence-electron chi connectivity index (χ4n) is 3.59. The number of likely N-dealkylation sites (tertiary alicyclic amines) is 1. The number of aromatic nitrogens is 2. The molecule has 4 rings (SSSR count). The molecular formula is C25H26N4O2. The molecule has 1 aromatic carbocycles. The Balaban J connectivity index is 1.33. The molecule has 1 amide bonds. The van der Waals surface area contributed by atoms with Gasteiger partial charge in [0.15, 0.2) is 0 Å². The van der Waals surface area contributed by atoms with E-state index in [1.54, 1.807) is 23.4 Å². The van der Waals surface area contributed by atoms with E-state index in [0.29, 0.717) is 18.8 Å². The summed E-state index contributed by atoms with van der Waals surface area (Å²) in [6.45, 7) is 3.22. The maximum Gasteiger partial charge on any atom is 0.271 e. The van der Waals surface area contributed by atoms with Gasteiger partial charge in [0.1, 0.15) is 5.69 Å². The van der Waals surface area contributed by atoms with Crippen LogP contribution in [0.3, 0.4) is 0 Å². The molecule has 0 spiro atoms. The van der Waals surface area contributed by atoms with Crippen LogP contribution in [0.5, 0.6) is 0 Å². The van der Waals surface area contributed by atoms with Crippen LogP contribution >= 0.6 is 0 Å². The van der Waals surface area contributed by atoms with Gasteiger partial charge in [-0.05, 0) is 48.2 Å². The number of H-pyrrole nitrogens is 1. The largest absolute Gasteiger partial charge is 0.374 e. The first kappa shape index (κ1) is 20.6. The number of nitrogens with one attached hydrogen (secondary N) is 2. The SMILES string of the molecule is CCc1cc(-c2c[nH]c(=O)c(NC3CN(C(=O)/C=C/Cc4ccccc4)C3)c2)ccn1. The highest BCUT2D eigenvalue weighted by atomic mass is 16.2. The van der Waals surface area contributed by atoms with Crippen molar-refractivity contribution >= 4 is 11.6 Å². The zero-order chi connectivity index (χ0) is 21.6. The minimum atomic E-state index is -0.166. The maximum absolute atomic E-state index is 12.3. The Labute approximate surface area is 181 Å². The van der Waals surface area contributed by atoms with Gasteiger partial charge in [-0.1, -0.05) is 43.3 Å². The first-order chi connectivity index (χ1) is 15.1. The molecule has 6 nitrogen and oxygen atoms in total. The number of benzene rings is 1. The summed E-state index contributed by atoms with van der Waals surface area (Å²) in [5.74, 6) is 0.000483. The van der Waals surface area contributed by atoms with Crippen LogP contribution in [0, 0.1) is 0 Å². The normalized spacial score (nSPS) is 13.9. The summed E-state index contributed by atoms with van der Waals surface area (Å²) in [5.41, 5.74) is 4.47. The molecule has 0 radical (unpaired) electrons. The van der Waals surface area contributed by atoms with Gasteiger partial charge in [-0.25, -0.2) is 0 Å². The summed E-state index contributed by atoms with van der Waals surface area (Å²) in [4.78, 5) is 33.5. The Bertz CT molecular complexity index is 1130. The Morgan fingerprint density at radius 2 is 2.00 bits per heavy atom. The lowest BCUT2D eigenvalue weighted by Crippen LogP contribution is -2.57. The number of hydrogen-bond donors (Lipinski definition) is 2. The van der Waals surface area contributed by atoms with Crippen LogP contribution in [0.25, 0.3) is 11.1 Å². The second-order valence-corrected chi connectivity index (χ2v) is 7.70. The molecule has 1 aliphatic rings. The molecule has 0 saturated carbocycles. The number of anilines is 1. The number of aromatic amines is 1. The molecule has 1 saturated heterocycles. The van der Waals surface area contributed by atoms with Gasteiger partial charge in [0.2, 0.25) is 5.91 Å². The van der Waals surface area contributed by atoms with Gasteiger partial charge in [-0.15, -0.1) is 0 Å². The standard InChI is InChI=1S/C25H26N4O2/c1-2-21-13-19(11-12-26-21)20-14-23(25(31)27-15-20)28-22-16-29(17-22)24(30)10-6-9-18-7-4-3-5-8-18/h3-8,10-15,22,28H,2,9,16-17H2,1H3,(H,27,31)/b10-6+. The van der Waals surface area contributed by atoms with E-state index in [9.17, 15) is 9.59 Å². The number of hydrogen-bond acceptors (Lipinski definition) is 4. The zero-order valence-corrected chi connectivity index (χ0v) is 17.5. The lowest BCUT2D eigenvalue weighted by molar-refractivity contribution is -0.129. The molecule has 1 fully saturated rings. The number of amides is 1. The minimum Gasteiger partial charge on any atom is -0.374 e. The van der Waals surface area contributed by atoms with Gasteiger partial charge in [-0.2, -0.15) is 0 Å². The summed E-state index contributed by atoms with van der Waals surface area (Å²) in [5, 5.41) is 3.27. The maximum atomic E-state index is 12.3. The van der Waals surface area contributed by atoms with E-state index in [0.717, 1.165) is 29.7 Å². The molecule has 6 heteroatoms. The number of allylic oxidation sites excluding steroid dienone is 1. The third-order valence-corrected chi connectivity index (χ3v) is 5.43. The van der Waals surface area contributed by atoms with Crippen molar-refractivity contribution in [3.8, 4) is 11.1 Å². The highest BCUT2D eigenvalue weighted by Gasteiger charge is 2.29. The fourth-order valence-corrected chi connectivity index (χ4v) is 3.59. The van der Waals surface area contributed by atoms with Crippen molar-refractivity contribution in [1.82, 2.24) is 14.9 Å². The van der Waals surface area contributed by atoms with Crippen molar-refractivity contribution in [3.05, 3.63) is 94.7 Å². The van der Waals surface area contributed by atoms with E-state index in [4.69, 9.17) is 0 Å². The van der Waals surface area contributed by atoms with Gasteiger partial charge in [0.05, 0.1) is 6.04 Å². The summed E-state index contributed by atoms with van der Waals surface area (Å²) in [6.07, 6.45) is 8.62. The van der Waals surface area contributed by atoms with Gasteiger partial charge in [0.25, 0.3) is 5.56 Å². The second kappa shape index (κ2) is 9.43. The monoisotopic (exact) mass is 414 g/mol. The molecule has 2 N–H and O–H groups in total. The van der Waals surface area contributed by atoms with E-state index < -0.39 is 0 Å². The number of nitrogens with zero attached hydrogens (tertiary/aromatic N) is 2. The van der Waals surface area contributed by atoms with Crippen molar-refractivity contribution in [1.29, 1.82) is 0 Å². The van der Waals surface area contributed by atoms with Crippen LogP contribution in [-0.2, 0) is 17.6 Å². The number of carbonyl (C=O) groups is 1. The molecule has 0 atom stereocenters. The van der Waals surface area contributed by atoms with Gasteiger partial charge < -0.3 is 15.2 Å². The number of pyridine rings is 2. The molecule has 0 aliphatic carbocycles. The highest BCUT2D eigenvalue weighted by Crippen LogP contribution is 2.22. The molecular weight excluding hydrogens is 388 g/mol. The van der Waals surface area contributed by atoms with Crippen molar-refractivity contribution in [3.63, 3.8) is 0 Å². The van der Waals surface area contributed by atoms with Crippen molar-refractivity contribution in [2.75, 3.05) is 18.4 Å². The van der Waals surface area contributed by atoms with Crippen LogP contribution in [0.15, 0.2) is 77.9 Å². The summed E-state index contributed by atoms with van der Waals surface area (Å²) in [6, 6.07) is 15.9. The third-order valence-electron chi connectivity index (χ3n) is 5.43. The van der Waals surface area contributed by atoms with E-state index in [2.05, 4.69) is 22.2 Å². The molecule has 3 aromatic rings. The average molecular weight is 415 g/mol. The van der Waals surface area contributed by atoms with Crippen LogP contribution in [0.2, 0.25) is 0 Å². The van der Waals surface area contributed by atoms with Crippen molar-refractivity contribution < 1.29 is 4.79 Å². The van der Waals surface area contributed by atoms with Crippen LogP contribution in [-0.4, -0.2) is 39.9 Å². The first-order valence-corrected chi connectivity index (χ1v) is 10.6. The smallest absolute Gasteiger partial charge is 0.271 e. The fraction of sp³-hybridized carbons (Fsp3) is 0.240. The lowest BCUT2D eigenvalue weighted by atomic mass is 10.1. The minimum absolute atomic E-state index is 0.000483. The Kier molecular flexibility index (Phi) is 6.26. The van der Waals surface area contributed by atoms with Crippen molar-refractivity contribution in [2.24, 2.45) is 0 Å². The number of rotatable bonds is 7. The average Bonchev–Trinajstić information content (AvgIpc) is 2.77. The van der Waals surface area contributed by atoms with Gasteiger partial charge >= 0.3 is 0 Å². The van der Waals surface area contributed by atoms with E-state index >= 15 is 0 Å². The Morgan fingerprint density at radius 3 is 2.77 bits per heavy atom. The van der Waals surface area contributed by atoms with Gasteiger partial charge in [0, 0.05) is 36.7 Å². The second-order valence-electron chi connectivity index (χ2n) is 7.70. The Hall–Kier alpha value is -3.67. The lowest BCUT2D eigenvalue weighted by Gasteiger charge is -2.39. The first-order valence-electron chi connectivity index (χ1n) is 10.6. The van der Waals surface area contributed by atoms with Gasteiger partial charge in [-0.3, -0.25) is 14.6 Å². The van der Waals surface area contributed by atoms with Crippen molar-refractivity contribution in [2.45, 2.75) is 25.8 Å². The topological polar surface area (TPSA) is 78.1 Å². The van der Waals surface area contributed by atoms with E-state index in [1.165, 1.54) is 5.56 Å². The predicted octanol–water partition coefficient (Wildman–Crippen LogP) is 3.42. The van der Waals surface area contributed by atoms with Crippen LogP contribution in [0.1, 0.15) is 18.2 Å².